The summed E-state index contributed by atoms with van der Waals surface area (Å²) in [6.07, 6.45) is -7.71. The number of hydrogen-bond donors (Lipinski definition) is 1. The van der Waals surface area contributed by atoms with Crippen molar-refractivity contribution < 1.29 is 35.6 Å². The zero-order chi connectivity index (χ0) is 23.7. The van der Waals surface area contributed by atoms with Gasteiger partial charge in [-0.15, -0.1) is 0 Å². The quantitative estimate of drug-likeness (QED) is 0.549. The summed E-state index contributed by atoms with van der Waals surface area (Å²) in [7, 11) is 3.40. The van der Waals surface area contributed by atoms with Crippen LogP contribution in [0.1, 0.15) is 33.4 Å². The highest BCUT2D eigenvalue weighted by Crippen LogP contribution is 2.35. The molecule has 0 spiro atoms. The van der Waals surface area contributed by atoms with Crippen molar-refractivity contribution in [2.24, 2.45) is 0 Å². The second kappa shape index (κ2) is 8.69. The Hall–Kier alpha value is -3.28. The molecule has 1 atom stereocenters. The van der Waals surface area contributed by atoms with Crippen molar-refractivity contribution in [1.82, 2.24) is 20.0 Å². The number of nitrogens with zero attached hydrogens (tertiary/aromatic N) is 3. The van der Waals surface area contributed by atoms with E-state index in [1.165, 1.54) is 6.26 Å². The number of furan rings is 1. The average molecular weight is 460 g/mol. The van der Waals surface area contributed by atoms with E-state index in [2.05, 4.69) is 10.4 Å². The monoisotopic (exact) mass is 460 g/mol. The van der Waals surface area contributed by atoms with E-state index < -0.39 is 46.8 Å². The highest BCUT2D eigenvalue weighted by Gasteiger charge is 2.41. The van der Waals surface area contributed by atoms with Crippen molar-refractivity contribution in [1.29, 1.82) is 0 Å². The largest absolute Gasteiger partial charge is 0.468 e. The third kappa shape index (κ3) is 4.96. The Morgan fingerprint density at radius 3 is 2.41 bits per heavy atom. The van der Waals surface area contributed by atoms with Gasteiger partial charge in [0.05, 0.1) is 35.3 Å². The fraction of sp³-hybridized carbons (Fsp3) is 0.300. The molecule has 32 heavy (non-hydrogen) atoms. The van der Waals surface area contributed by atoms with Gasteiger partial charge in [0.1, 0.15) is 5.76 Å². The molecule has 12 heteroatoms. The van der Waals surface area contributed by atoms with Gasteiger partial charge < -0.3 is 9.73 Å². The van der Waals surface area contributed by atoms with Crippen LogP contribution in [0.3, 0.4) is 0 Å². The molecular weight excluding hydrogens is 442 g/mol. The van der Waals surface area contributed by atoms with E-state index in [0.717, 1.165) is 18.2 Å². The normalized spacial score (nSPS) is 13.4. The van der Waals surface area contributed by atoms with Gasteiger partial charge >= 0.3 is 12.4 Å². The first kappa shape index (κ1) is 23.4. The minimum Gasteiger partial charge on any atom is -0.468 e. The molecule has 6 nitrogen and oxygen atoms in total. The summed E-state index contributed by atoms with van der Waals surface area (Å²) in [5.74, 6) is -0.583. The molecule has 0 bridgehead atoms. The third-order valence-electron chi connectivity index (χ3n) is 4.65. The van der Waals surface area contributed by atoms with Crippen LogP contribution in [0.4, 0.5) is 26.3 Å². The number of amides is 1. The molecule has 1 aromatic carbocycles. The van der Waals surface area contributed by atoms with Crippen LogP contribution in [-0.4, -0.2) is 41.2 Å². The second-order valence-electron chi connectivity index (χ2n) is 7.07. The summed E-state index contributed by atoms with van der Waals surface area (Å²) >= 11 is 0. The fourth-order valence-electron chi connectivity index (χ4n) is 3.10. The maximum atomic E-state index is 13.8. The Morgan fingerprint density at radius 1 is 1.12 bits per heavy atom. The second-order valence-corrected chi connectivity index (χ2v) is 7.07. The Morgan fingerprint density at radius 2 is 1.84 bits per heavy atom. The van der Waals surface area contributed by atoms with Crippen LogP contribution >= 0.6 is 0 Å². The standard InChI is InChI=1S/C20H18F6N4O2/c1-29(2)15(16-7-4-8-32-16)11-27-18(31)14-10-28-30(17(14)20(24,25)26)13-6-3-5-12(9-13)19(21,22)23/h3-10,15H,11H2,1-2H3,(H,27,31). The number of carbonyl (C=O) groups is 1. The van der Waals surface area contributed by atoms with Crippen molar-refractivity contribution in [3.05, 3.63) is 71.4 Å². The Labute approximate surface area is 178 Å². The predicted octanol–water partition coefficient (Wildman–Crippen LogP) is 4.54. The van der Waals surface area contributed by atoms with Gasteiger partial charge in [-0.1, -0.05) is 6.07 Å². The summed E-state index contributed by atoms with van der Waals surface area (Å²) in [4.78, 5) is 14.3. The van der Waals surface area contributed by atoms with E-state index in [0.29, 0.717) is 18.0 Å². The number of rotatable bonds is 6. The average Bonchev–Trinajstić information content (AvgIpc) is 3.37. The first-order chi connectivity index (χ1) is 14.9. The van der Waals surface area contributed by atoms with Gasteiger partial charge in [-0.2, -0.15) is 31.4 Å². The van der Waals surface area contributed by atoms with Crippen LogP contribution in [0.2, 0.25) is 0 Å². The smallest absolute Gasteiger partial charge is 0.434 e. The Kier molecular flexibility index (Phi) is 6.35. The molecule has 1 amide bonds. The lowest BCUT2D eigenvalue weighted by Crippen LogP contribution is -2.35. The minimum absolute atomic E-state index is 0.0780. The molecule has 0 saturated carbocycles. The van der Waals surface area contributed by atoms with Gasteiger partial charge in [-0.05, 0) is 44.4 Å². The lowest BCUT2D eigenvalue weighted by Gasteiger charge is -2.22. The number of aromatic nitrogens is 2. The molecule has 2 heterocycles. The maximum Gasteiger partial charge on any atom is 0.434 e. The van der Waals surface area contributed by atoms with Crippen LogP contribution in [0.15, 0.2) is 53.3 Å². The van der Waals surface area contributed by atoms with E-state index in [-0.39, 0.29) is 11.2 Å². The summed E-state index contributed by atoms with van der Waals surface area (Å²) in [6, 6.07) is 6.09. The van der Waals surface area contributed by atoms with Gasteiger partial charge in [0.15, 0.2) is 5.69 Å². The van der Waals surface area contributed by atoms with E-state index in [1.807, 2.05) is 0 Å². The summed E-state index contributed by atoms with van der Waals surface area (Å²) in [5, 5.41) is 5.96. The van der Waals surface area contributed by atoms with Crippen molar-refractivity contribution in [2.45, 2.75) is 18.4 Å². The molecule has 3 aromatic rings. The first-order valence-electron chi connectivity index (χ1n) is 9.20. The summed E-state index contributed by atoms with van der Waals surface area (Å²) in [6.45, 7) is -0.0780. The van der Waals surface area contributed by atoms with E-state index in [9.17, 15) is 31.1 Å². The highest BCUT2D eigenvalue weighted by molar-refractivity contribution is 5.95. The van der Waals surface area contributed by atoms with Gasteiger partial charge in [0.2, 0.25) is 0 Å². The molecule has 0 saturated heterocycles. The van der Waals surface area contributed by atoms with Crippen LogP contribution < -0.4 is 5.32 Å². The van der Waals surface area contributed by atoms with E-state index in [1.54, 1.807) is 31.1 Å². The van der Waals surface area contributed by atoms with Crippen molar-refractivity contribution in [2.75, 3.05) is 20.6 Å². The third-order valence-corrected chi connectivity index (χ3v) is 4.65. The van der Waals surface area contributed by atoms with E-state index in [4.69, 9.17) is 4.42 Å². The fourth-order valence-corrected chi connectivity index (χ4v) is 3.10. The number of carbonyl (C=O) groups excluding carboxylic acids is 1. The van der Waals surface area contributed by atoms with Crippen LogP contribution in [0.25, 0.3) is 5.69 Å². The molecular formula is C20H18F6N4O2. The molecule has 3 rings (SSSR count). The molecule has 0 fully saturated rings. The van der Waals surface area contributed by atoms with Crippen LogP contribution in [0.5, 0.6) is 0 Å². The number of halogens is 6. The van der Waals surface area contributed by atoms with E-state index >= 15 is 0 Å². The van der Waals surface area contributed by atoms with Crippen molar-refractivity contribution in [3.8, 4) is 5.69 Å². The van der Waals surface area contributed by atoms with Gasteiger partial charge in [-0.25, -0.2) is 4.68 Å². The Bertz CT molecular complexity index is 1070. The Balaban J connectivity index is 1.93. The minimum atomic E-state index is -5.06. The lowest BCUT2D eigenvalue weighted by atomic mass is 10.1. The number of benzene rings is 1. The molecule has 0 radical (unpaired) electrons. The van der Waals surface area contributed by atoms with Gasteiger partial charge in [0.25, 0.3) is 5.91 Å². The van der Waals surface area contributed by atoms with Crippen LogP contribution in [0, 0.1) is 0 Å². The first-order valence-corrected chi connectivity index (χ1v) is 9.20. The maximum absolute atomic E-state index is 13.8. The topological polar surface area (TPSA) is 63.3 Å². The molecule has 2 aromatic heterocycles. The zero-order valence-corrected chi connectivity index (χ0v) is 16.8. The van der Waals surface area contributed by atoms with Crippen molar-refractivity contribution in [3.63, 3.8) is 0 Å². The predicted molar refractivity (Wildman–Crippen MR) is 101 cm³/mol. The number of hydrogen-bond acceptors (Lipinski definition) is 4. The molecule has 0 aliphatic carbocycles. The summed E-state index contributed by atoms with van der Waals surface area (Å²) < 4.78 is 85.9. The molecule has 172 valence electrons. The lowest BCUT2D eigenvalue weighted by molar-refractivity contribution is -0.143. The van der Waals surface area contributed by atoms with Gasteiger partial charge in [0, 0.05) is 6.54 Å². The number of alkyl halides is 6. The van der Waals surface area contributed by atoms with Crippen LogP contribution in [-0.2, 0) is 12.4 Å². The number of likely N-dealkylation sites (N-methyl/N-ethyl adjacent to an activating group) is 1. The van der Waals surface area contributed by atoms with Gasteiger partial charge in [-0.3, -0.25) is 9.69 Å². The molecule has 0 aliphatic heterocycles. The molecule has 0 aliphatic rings. The summed E-state index contributed by atoms with van der Waals surface area (Å²) in [5.41, 5.74) is -3.91. The SMILES string of the molecule is CN(C)C(CNC(=O)c1cnn(-c2cccc(C(F)(F)F)c2)c1C(F)(F)F)c1ccco1. The molecule has 1 N–H and O–H groups in total. The highest BCUT2D eigenvalue weighted by atomic mass is 19.4. The number of nitrogens with one attached hydrogen (secondary N) is 1. The zero-order valence-electron chi connectivity index (χ0n) is 16.8. The molecule has 1 unspecified atom stereocenters. The van der Waals surface area contributed by atoms with Crippen molar-refractivity contribution >= 4 is 5.91 Å².